The summed E-state index contributed by atoms with van der Waals surface area (Å²) in [4.78, 5) is 18.1. The number of hydrogen-bond donors (Lipinski definition) is 1. The number of benzene rings is 1. The van der Waals surface area contributed by atoms with Crippen molar-refractivity contribution in [3.05, 3.63) is 48.3 Å². The molecule has 0 aliphatic rings. The smallest absolute Gasteiger partial charge is 0.225 e. The lowest BCUT2D eigenvalue weighted by Gasteiger charge is -2.17. The molecule has 1 aromatic carbocycles. The Balaban J connectivity index is 1.72. The molecule has 0 saturated heterocycles. The van der Waals surface area contributed by atoms with Gasteiger partial charge in [0.15, 0.2) is 0 Å². The molecule has 6 heteroatoms. The van der Waals surface area contributed by atoms with Crippen molar-refractivity contribution in [3.63, 3.8) is 0 Å². The van der Waals surface area contributed by atoms with Gasteiger partial charge in [-0.2, -0.15) is 0 Å². The third-order valence-electron chi connectivity index (χ3n) is 3.51. The molecule has 2 rings (SSSR count). The van der Waals surface area contributed by atoms with Gasteiger partial charge in [-0.05, 0) is 26.1 Å². The second kappa shape index (κ2) is 7.70. The van der Waals surface area contributed by atoms with Crippen LogP contribution in [0.25, 0.3) is 0 Å². The standard InChI is InChI=1S/C16H21FN4O/c1-13-18-8-10-21(13)12-11-20(2)9-7-16(22)19-15-6-4-3-5-14(15)17/h3-6,8,10H,7,9,11-12H2,1-2H3,(H,19,22). The lowest BCUT2D eigenvalue weighted by Crippen LogP contribution is -2.27. The molecular formula is C16H21FN4O. The summed E-state index contributed by atoms with van der Waals surface area (Å²) in [5.41, 5.74) is 0.226. The molecule has 1 N–H and O–H groups in total. The average Bonchev–Trinajstić information content (AvgIpc) is 2.91. The molecular weight excluding hydrogens is 283 g/mol. The van der Waals surface area contributed by atoms with Crippen LogP contribution < -0.4 is 5.32 Å². The molecule has 0 aliphatic heterocycles. The van der Waals surface area contributed by atoms with E-state index in [1.165, 1.54) is 6.07 Å². The zero-order chi connectivity index (χ0) is 15.9. The van der Waals surface area contributed by atoms with Crippen molar-refractivity contribution in [2.24, 2.45) is 0 Å². The van der Waals surface area contributed by atoms with Crippen LogP contribution in [0.1, 0.15) is 12.2 Å². The Kier molecular flexibility index (Phi) is 5.66. The molecule has 0 fully saturated rings. The minimum absolute atomic E-state index is 0.184. The summed E-state index contributed by atoms with van der Waals surface area (Å²) in [6.07, 6.45) is 4.04. The summed E-state index contributed by atoms with van der Waals surface area (Å²) < 4.78 is 15.5. The van der Waals surface area contributed by atoms with Crippen molar-refractivity contribution < 1.29 is 9.18 Å². The van der Waals surface area contributed by atoms with Gasteiger partial charge in [-0.1, -0.05) is 12.1 Å². The molecule has 0 atom stereocenters. The average molecular weight is 304 g/mol. The van der Waals surface area contributed by atoms with Crippen molar-refractivity contribution in [3.8, 4) is 0 Å². The van der Waals surface area contributed by atoms with E-state index in [0.29, 0.717) is 13.0 Å². The molecule has 0 spiro atoms. The molecule has 1 aromatic heterocycles. The van der Waals surface area contributed by atoms with E-state index in [4.69, 9.17) is 0 Å². The molecule has 118 valence electrons. The maximum atomic E-state index is 13.4. The number of likely N-dealkylation sites (N-methyl/N-ethyl adjacent to an activating group) is 1. The first kappa shape index (κ1) is 16.2. The number of hydrogen-bond acceptors (Lipinski definition) is 3. The largest absolute Gasteiger partial charge is 0.334 e. The summed E-state index contributed by atoms with van der Waals surface area (Å²) >= 11 is 0. The van der Waals surface area contributed by atoms with Crippen LogP contribution in [0, 0.1) is 12.7 Å². The van der Waals surface area contributed by atoms with Crippen molar-refractivity contribution in [2.45, 2.75) is 19.9 Å². The van der Waals surface area contributed by atoms with Gasteiger partial charge in [0, 0.05) is 38.4 Å². The fourth-order valence-electron chi connectivity index (χ4n) is 2.10. The van der Waals surface area contributed by atoms with E-state index in [0.717, 1.165) is 18.9 Å². The van der Waals surface area contributed by atoms with Crippen LogP contribution in [-0.4, -0.2) is 40.5 Å². The van der Waals surface area contributed by atoms with E-state index in [1.54, 1.807) is 24.4 Å². The molecule has 0 aliphatic carbocycles. The van der Waals surface area contributed by atoms with Gasteiger partial charge in [0.25, 0.3) is 0 Å². The molecule has 0 bridgehead atoms. The fourth-order valence-corrected chi connectivity index (χ4v) is 2.10. The summed E-state index contributed by atoms with van der Waals surface area (Å²) in [5, 5.41) is 2.59. The first-order valence-electron chi connectivity index (χ1n) is 7.27. The highest BCUT2D eigenvalue weighted by molar-refractivity contribution is 5.90. The number of rotatable bonds is 7. The molecule has 0 saturated carbocycles. The van der Waals surface area contributed by atoms with Gasteiger partial charge in [-0.25, -0.2) is 9.37 Å². The predicted molar refractivity (Wildman–Crippen MR) is 84.1 cm³/mol. The first-order valence-corrected chi connectivity index (χ1v) is 7.27. The van der Waals surface area contributed by atoms with Crippen LogP contribution in [0.5, 0.6) is 0 Å². The highest BCUT2D eigenvalue weighted by atomic mass is 19.1. The third-order valence-corrected chi connectivity index (χ3v) is 3.51. The van der Waals surface area contributed by atoms with Crippen LogP contribution in [0.4, 0.5) is 10.1 Å². The zero-order valence-corrected chi connectivity index (χ0v) is 12.9. The molecule has 0 unspecified atom stereocenters. The minimum atomic E-state index is -0.417. The van der Waals surface area contributed by atoms with Gasteiger partial charge in [0.2, 0.25) is 5.91 Å². The second-order valence-corrected chi connectivity index (χ2v) is 5.25. The molecule has 22 heavy (non-hydrogen) atoms. The Hall–Kier alpha value is -2.21. The van der Waals surface area contributed by atoms with E-state index in [1.807, 2.05) is 20.2 Å². The summed E-state index contributed by atoms with van der Waals surface area (Å²) in [7, 11) is 1.96. The van der Waals surface area contributed by atoms with Gasteiger partial charge in [-0.3, -0.25) is 4.79 Å². The SMILES string of the molecule is Cc1nccn1CCN(C)CCC(=O)Nc1ccccc1F. The number of para-hydroxylation sites is 1. The van der Waals surface area contributed by atoms with E-state index in [2.05, 4.69) is 19.8 Å². The maximum absolute atomic E-state index is 13.4. The van der Waals surface area contributed by atoms with Crippen LogP contribution in [0.2, 0.25) is 0 Å². The summed E-state index contributed by atoms with van der Waals surface area (Å²) in [6, 6.07) is 6.17. The van der Waals surface area contributed by atoms with E-state index in [-0.39, 0.29) is 11.6 Å². The molecule has 1 heterocycles. The number of aromatic nitrogens is 2. The van der Waals surface area contributed by atoms with Gasteiger partial charge in [-0.15, -0.1) is 0 Å². The Morgan fingerprint density at radius 3 is 2.82 bits per heavy atom. The minimum Gasteiger partial charge on any atom is -0.334 e. The van der Waals surface area contributed by atoms with Crippen LogP contribution in [-0.2, 0) is 11.3 Å². The number of halogens is 1. The zero-order valence-electron chi connectivity index (χ0n) is 12.9. The topological polar surface area (TPSA) is 50.2 Å². The van der Waals surface area contributed by atoms with Gasteiger partial charge < -0.3 is 14.8 Å². The summed E-state index contributed by atoms with van der Waals surface area (Å²) in [6.45, 7) is 4.23. The van der Waals surface area contributed by atoms with Crippen LogP contribution >= 0.6 is 0 Å². The number of imidazole rings is 1. The molecule has 2 aromatic rings. The van der Waals surface area contributed by atoms with Crippen LogP contribution in [0.3, 0.4) is 0 Å². The van der Waals surface area contributed by atoms with E-state index < -0.39 is 5.82 Å². The van der Waals surface area contributed by atoms with E-state index >= 15 is 0 Å². The predicted octanol–water partition coefficient (Wildman–Crippen LogP) is 2.29. The lowest BCUT2D eigenvalue weighted by atomic mass is 10.3. The van der Waals surface area contributed by atoms with Crippen molar-refractivity contribution in [1.82, 2.24) is 14.5 Å². The monoisotopic (exact) mass is 304 g/mol. The highest BCUT2D eigenvalue weighted by Crippen LogP contribution is 2.12. The van der Waals surface area contributed by atoms with Crippen molar-refractivity contribution in [1.29, 1.82) is 0 Å². The number of carbonyl (C=O) groups is 1. The highest BCUT2D eigenvalue weighted by Gasteiger charge is 2.08. The third kappa shape index (κ3) is 4.66. The second-order valence-electron chi connectivity index (χ2n) is 5.25. The molecule has 0 radical (unpaired) electrons. The quantitative estimate of drug-likeness (QED) is 0.854. The number of nitrogens with zero attached hydrogens (tertiary/aromatic N) is 3. The Labute approximate surface area is 129 Å². The van der Waals surface area contributed by atoms with E-state index in [9.17, 15) is 9.18 Å². The Morgan fingerprint density at radius 2 is 2.14 bits per heavy atom. The summed E-state index contributed by atoms with van der Waals surface area (Å²) in [5.74, 6) is 0.376. The van der Waals surface area contributed by atoms with Crippen LogP contribution in [0.15, 0.2) is 36.7 Å². The lowest BCUT2D eigenvalue weighted by molar-refractivity contribution is -0.116. The van der Waals surface area contributed by atoms with Gasteiger partial charge in [0.05, 0.1) is 5.69 Å². The fraction of sp³-hybridized carbons (Fsp3) is 0.375. The number of carbonyl (C=O) groups excluding carboxylic acids is 1. The molecule has 5 nitrogen and oxygen atoms in total. The number of aryl methyl sites for hydroxylation is 1. The number of anilines is 1. The first-order chi connectivity index (χ1) is 10.6. The maximum Gasteiger partial charge on any atom is 0.225 e. The number of nitrogens with one attached hydrogen (secondary N) is 1. The Bertz CT molecular complexity index is 626. The van der Waals surface area contributed by atoms with Crippen molar-refractivity contribution in [2.75, 3.05) is 25.5 Å². The molecule has 1 amide bonds. The number of amides is 1. The van der Waals surface area contributed by atoms with Gasteiger partial charge >= 0.3 is 0 Å². The normalized spacial score (nSPS) is 10.9. The van der Waals surface area contributed by atoms with Crippen molar-refractivity contribution >= 4 is 11.6 Å². The van der Waals surface area contributed by atoms with Gasteiger partial charge in [0.1, 0.15) is 11.6 Å². The Morgan fingerprint density at radius 1 is 1.36 bits per heavy atom.